The second-order valence-corrected chi connectivity index (χ2v) is 7.37. The lowest BCUT2D eigenvalue weighted by Gasteiger charge is -2.30. The second kappa shape index (κ2) is 8.44. The molecular formula is C20H18FN5O2S. The molecular weight excluding hydrogens is 393 g/mol. The summed E-state index contributed by atoms with van der Waals surface area (Å²) in [4.78, 5) is 31.9. The highest BCUT2D eigenvalue weighted by Gasteiger charge is 2.42. The molecule has 148 valence electrons. The number of nitrogens with zero attached hydrogens (tertiary/aromatic N) is 4. The van der Waals surface area contributed by atoms with E-state index in [9.17, 15) is 14.0 Å². The molecule has 9 heteroatoms. The molecule has 1 aliphatic rings. The summed E-state index contributed by atoms with van der Waals surface area (Å²) in [6.07, 6.45) is 4.84. The number of amides is 2. The maximum atomic E-state index is 13.2. The normalized spacial score (nSPS) is 14.2. The zero-order valence-corrected chi connectivity index (χ0v) is 16.2. The average Bonchev–Trinajstić information content (AvgIpc) is 3.43. The Labute approximate surface area is 170 Å². The van der Waals surface area contributed by atoms with Gasteiger partial charge in [-0.1, -0.05) is 16.6 Å². The van der Waals surface area contributed by atoms with Gasteiger partial charge in [-0.2, -0.15) is 0 Å². The van der Waals surface area contributed by atoms with Crippen LogP contribution in [0.2, 0.25) is 0 Å². The van der Waals surface area contributed by atoms with Crippen LogP contribution in [0.15, 0.2) is 54.2 Å². The van der Waals surface area contributed by atoms with Gasteiger partial charge in [0.15, 0.2) is 5.69 Å². The van der Waals surface area contributed by atoms with Crippen molar-refractivity contribution in [1.29, 1.82) is 0 Å². The monoisotopic (exact) mass is 411 g/mol. The van der Waals surface area contributed by atoms with Gasteiger partial charge in [-0.05, 0) is 59.8 Å². The molecule has 29 heavy (non-hydrogen) atoms. The molecule has 2 aromatic heterocycles. The molecule has 2 heterocycles. The Morgan fingerprint density at radius 2 is 1.90 bits per heavy atom. The first-order valence-corrected chi connectivity index (χ1v) is 9.99. The van der Waals surface area contributed by atoms with Crippen LogP contribution in [0, 0.1) is 5.82 Å². The summed E-state index contributed by atoms with van der Waals surface area (Å²) in [6.45, 7) is 0.228. The van der Waals surface area contributed by atoms with Crippen molar-refractivity contribution in [3.05, 3.63) is 76.8 Å². The van der Waals surface area contributed by atoms with Crippen LogP contribution >= 0.6 is 11.5 Å². The van der Waals surface area contributed by atoms with Crippen LogP contribution in [0.25, 0.3) is 0 Å². The maximum absolute atomic E-state index is 13.2. The van der Waals surface area contributed by atoms with Crippen molar-refractivity contribution >= 4 is 23.3 Å². The number of benzene rings is 1. The Bertz CT molecular complexity index is 978. The van der Waals surface area contributed by atoms with E-state index in [1.807, 2.05) is 0 Å². The molecule has 1 N–H and O–H groups in total. The number of rotatable bonds is 7. The lowest BCUT2D eigenvalue weighted by molar-refractivity contribution is -0.126. The van der Waals surface area contributed by atoms with Crippen molar-refractivity contribution in [3.63, 3.8) is 0 Å². The van der Waals surface area contributed by atoms with E-state index in [2.05, 4.69) is 19.9 Å². The molecule has 1 aliphatic carbocycles. The van der Waals surface area contributed by atoms with Crippen molar-refractivity contribution in [2.24, 2.45) is 0 Å². The van der Waals surface area contributed by atoms with Crippen LogP contribution in [0.4, 0.5) is 4.39 Å². The molecule has 0 bridgehead atoms. The fourth-order valence-corrected chi connectivity index (χ4v) is 3.54. The number of carbonyl (C=O) groups is 2. The quantitative estimate of drug-likeness (QED) is 0.646. The highest BCUT2D eigenvalue weighted by atomic mass is 32.1. The predicted molar refractivity (Wildman–Crippen MR) is 104 cm³/mol. The van der Waals surface area contributed by atoms with E-state index in [4.69, 9.17) is 0 Å². The van der Waals surface area contributed by atoms with Crippen LogP contribution in [-0.2, 0) is 11.3 Å². The third-order valence-electron chi connectivity index (χ3n) is 4.68. The van der Waals surface area contributed by atoms with Crippen LogP contribution in [-0.4, -0.2) is 37.3 Å². The minimum atomic E-state index is -0.819. The molecule has 0 unspecified atom stereocenters. The molecule has 0 radical (unpaired) electrons. The Morgan fingerprint density at radius 1 is 1.17 bits per heavy atom. The SMILES string of the molecule is O=C(NCc1ccc(F)cc1)[C@@H](c1ccncc1)N(C(=O)c1csnn1)C1CC1. The van der Waals surface area contributed by atoms with E-state index in [-0.39, 0.29) is 35.9 Å². The lowest BCUT2D eigenvalue weighted by Crippen LogP contribution is -2.45. The Kier molecular flexibility index (Phi) is 5.57. The molecule has 3 aromatic rings. The number of aromatic nitrogens is 3. The van der Waals surface area contributed by atoms with Crippen molar-refractivity contribution in [3.8, 4) is 0 Å². The number of hydrogen-bond acceptors (Lipinski definition) is 6. The first kappa shape index (κ1) is 19.1. The molecule has 7 nitrogen and oxygen atoms in total. The van der Waals surface area contributed by atoms with E-state index in [1.54, 1.807) is 46.9 Å². The number of nitrogens with one attached hydrogen (secondary N) is 1. The van der Waals surface area contributed by atoms with Gasteiger partial charge < -0.3 is 10.2 Å². The fraction of sp³-hybridized carbons (Fsp3) is 0.250. The summed E-state index contributed by atoms with van der Waals surface area (Å²) in [5.74, 6) is -0.971. The first-order chi connectivity index (χ1) is 14.1. The third-order valence-corrected chi connectivity index (χ3v) is 5.19. The highest BCUT2D eigenvalue weighted by Crippen LogP contribution is 2.36. The van der Waals surface area contributed by atoms with Crippen LogP contribution in [0.3, 0.4) is 0 Å². The van der Waals surface area contributed by atoms with Crippen LogP contribution in [0.1, 0.15) is 40.5 Å². The van der Waals surface area contributed by atoms with Crippen molar-refractivity contribution < 1.29 is 14.0 Å². The smallest absolute Gasteiger partial charge is 0.276 e. The first-order valence-electron chi connectivity index (χ1n) is 9.15. The molecule has 4 rings (SSSR count). The fourth-order valence-electron chi connectivity index (χ4n) is 3.11. The molecule has 2 amide bonds. The van der Waals surface area contributed by atoms with Crippen molar-refractivity contribution in [2.75, 3.05) is 0 Å². The largest absolute Gasteiger partial charge is 0.350 e. The van der Waals surface area contributed by atoms with Gasteiger partial charge in [0.2, 0.25) is 5.91 Å². The summed E-state index contributed by atoms with van der Waals surface area (Å²) >= 11 is 1.09. The van der Waals surface area contributed by atoms with Gasteiger partial charge in [-0.15, -0.1) is 5.10 Å². The number of carbonyl (C=O) groups excluding carboxylic acids is 2. The molecule has 0 saturated heterocycles. The lowest BCUT2D eigenvalue weighted by atomic mass is 10.0. The van der Waals surface area contributed by atoms with Gasteiger partial charge in [0, 0.05) is 30.4 Å². The van der Waals surface area contributed by atoms with Crippen molar-refractivity contribution in [1.82, 2.24) is 24.8 Å². The van der Waals surface area contributed by atoms with E-state index in [1.165, 1.54) is 12.1 Å². The van der Waals surface area contributed by atoms with Gasteiger partial charge >= 0.3 is 0 Å². The van der Waals surface area contributed by atoms with Gasteiger partial charge in [-0.25, -0.2) is 4.39 Å². The Hall–Kier alpha value is -3.20. The zero-order valence-electron chi connectivity index (χ0n) is 15.4. The van der Waals surface area contributed by atoms with Crippen molar-refractivity contribution in [2.45, 2.75) is 31.5 Å². The number of halogens is 1. The minimum Gasteiger partial charge on any atom is -0.350 e. The molecule has 1 saturated carbocycles. The van der Waals surface area contributed by atoms with Gasteiger partial charge in [0.05, 0.1) is 0 Å². The predicted octanol–water partition coefficient (Wildman–Crippen LogP) is 2.73. The summed E-state index contributed by atoms with van der Waals surface area (Å²) in [7, 11) is 0. The minimum absolute atomic E-state index is 0.0288. The Morgan fingerprint density at radius 3 is 2.52 bits per heavy atom. The zero-order chi connectivity index (χ0) is 20.2. The third kappa shape index (κ3) is 4.45. The summed E-state index contributed by atoms with van der Waals surface area (Å²) in [6, 6.07) is 8.52. The number of pyridine rings is 1. The number of hydrogen-bond donors (Lipinski definition) is 1. The summed E-state index contributed by atoms with van der Waals surface area (Å²) in [5, 5.41) is 8.33. The second-order valence-electron chi connectivity index (χ2n) is 6.76. The highest BCUT2D eigenvalue weighted by molar-refractivity contribution is 7.03. The standard InChI is InChI=1S/C20H18FN5O2S/c21-15-3-1-13(2-4-15)11-23-19(27)18(14-7-9-22-10-8-14)26(16-5-6-16)20(28)17-12-29-25-24-17/h1-4,7-10,12,16,18H,5-6,11H2,(H,23,27)/t18-/m1/s1. The van der Waals surface area contributed by atoms with E-state index in [0.717, 1.165) is 29.9 Å². The summed E-state index contributed by atoms with van der Waals surface area (Å²) in [5.41, 5.74) is 1.66. The van der Waals surface area contributed by atoms with Crippen LogP contribution in [0.5, 0.6) is 0 Å². The van der Waals surface area contributed by atoms with E-state index < -0.39 is 6.04 Å². The molecule has 1 aromatic carbocycles. The molecule has 0 aliphatic heterocycles. The van der Waals surface area contributed by atoms with E-state index >= 15 is 0 Å². The molecule has 0 spiro atoms. The van der Waals surface area contributed by atoms with Crippen LogP contribution < -0.4 is 5.32 Å². The molecule has 1 atom stereocenters. The average molecular weight is 411 g/mol. The Balaban J connectivity index is 1.61. The summed E-state index contributed by atoms with van der Waals surface area (Å²) < 4.78 is 16.9. The van der Waals surface area contributed by atoms with Gasteiger partial charge in [0.25, 0.3) is 5.91 Å². The van der Waals surface area contributed by atoms with Gasteiger partial charge in [0.1, 0.15) is 11.9 Å². The van der Waals surface area contributed by atoms with E-state index in [0.29, 0.717) is 5.56 Å². The van der Waals surface area contributed by atoms with Gasteiger partial charge in [-0.3, -0.25) is 14.6 Å². The topological polar surface area (TPSA) is 88.1 Å². The molecule has 1 fully saturated rings. The maximum Gasteiger partial charge on any atom is 0.276 e.